The summed E-state index contributed by atoms with van der Waals surface area (Å²) in [5.41, 5.74) is 7.22. The van der Waals surface area contributed by atoms with Gasteiger partial charge in [-0.05, 0) is 105 Å². The van der Waals surface area contributed by atoms with E-state index in [0.717, 1.165) is 59.1 Å². The Morgan fingerprint density at radius 1 is 0.699 bits per heavy atom. The molecule has 0 spiro atoms. The van der Waals surface area contributed by atoms with Crippen molar-refractivity contribution in [2.75, 3.05) is 101 Å². The molecule has 113 heavy (non-hydrogen) atoms. The van der Waals surface area contributed by atoms with Crippen molar-refractivity contribution in [2.45, 2.75) is 121 Å². The fourth-order valence-electron chi connectivity index (χ4n) is 14.9. The van der Waals surface area contributed by atoms with Crippen LogP contribution in [0.4, 0.5) is 16.3 Å². The number of carbonyl (C=O) groups is 10. The van der Waals surface area contributed by atoms with Crippen LogP contribution in [0.5, 0.6) is 11.6 Å². The highest BCUT2D eigenvalue weighted by molar-refractivity contribution is 7.13. The minimum absolute atomic E-state index is 0.000190. The van der Waals surface area contributed by atoms with Gasteiger partial charge in [0, 0.05) is 94.4 Å². The molecule has 12 rings (SSSR count). The minimum atomic E-state index is -1.38. The van der Waals surface area contributed by atoms with Crippen molar-refractivity contribution in [3.63, 3.8) is 0 Å². The lowest BCUT2D eigenvalue weighted by atomic mass is 9.91. The summed E-state index contributed by atoms with van der Waals surface area (Å²) >= 11 is 1.57. The molecule has 31 nitrogen and oxygen atoms in total. The van der Waals surface area contributed by atoms with Crippen LogP contribution in [0.2, 0.25) is 0 Å². The molecule has 5 aliphatic rings. The SMILES string of the molecule is Cc1ncsc1-c1ccc([C@H](C)NC(=O)[C@@H]2C[C@@H](O)CN2C(=O)[C@@H](c2cc(OCCN3CCC(CN4CCN5c6cc(-c7ccccc7O)nnc6N(C(=O)OC(NC(=O)CNC(=O)[C@H](Cc6ccccc6)NC(=O)CNC(=O)CNC(=O)CCCCCN6C(=O)C=CC6=O)c6ccccc6)C[C@H]5C4)CC3)no2)C(C)C)cc1. The number of benzene rings is 4. The maximum absolute atomic E-state index is 14.9. The third-order valence-corrected chi connectivity index (χ3v) is 22.0. The van der Waals surface area contributed by atoms with Gasteiger partial charge in [0.2, 0.25) is 47.6 Å². The number of amides is 10. The number of aromatic nitrogens is 4. The Balaban J connectivity index is 0.619. The number of nitrogens with one attached hydrogen (secondary N) is 6. The maximum Gasteiger partial charge on any atom is 0.417 e. The monoisotopic (exact) mass is 1560 g/mol. The number of phenols is 1. The van der Waals surface area contributed by atoms with Gasteiger partial charge in [0.15, 0.2) is 11.6 Å². The van der Waals surface area contributed by atoms with E-state index in [2.05, 4.69) is 66.9 Å². The van der Waals surface area contributed by atoms with E-state index < -0.39 is 85.6 Å². The van der Waals surface area contributed by atoms with Crippen molar-refractivity contribution in [1.82, 2.24) is 71.8 Å². The average Bonchev–Trinajstić information content (AvgIpc) is 1.47. The molecule has 5 aliphatic heterocycles. The third-order valence-electron chi connectivity index (χ3n) is 21.0. The predicted octanol–water partition coefficient (Wildman–Crippen LogP) is 5.46. The predicted molar refractivity (Wildman–Crippen MR) is 417 cm³/mol. The van der Waals surface area contributed by atoms with Gasteiger partial charge in [-0.2, -0.15) is 0 Å². The van der Waals surface area contributed by atoms with E-state index in [0.29, 0.717) is 91.8 Å². The van der Waals surface area contributed by atoms with Crippen molar-refractivity contribution in [3.8, 4) is 33.3 Å². The summed E-state index contributed by atoms with van der Waals surface area (Å²) in [4.78, 5) is 150. The van der Waals surface area contributed by atoms with Crippen LogP contribution in [0, 0.1) is 18.8 Å². The lowest BCUT2D eigenvalue weighted by Gasteiger charge is -2.48. The Hall–Kier alpha value is -11.5. The quantitative estimate of drug-likeness (QED) is 0.0144. The summed E-state index contributed by atoms with van der Waals surface area (Å²) in [6, 6.07) is 32.8. The number of imide groups is 1. The fraction of sp³-hybridized carbons (Fsp3) is 0.432. The van der Waals surface area contributed by atoms with Crippen molar-refractivity contribution < 1.29 is 72.2 Å². The standard InChI is InChI=1S/C81H96N16O15S/c1-50(2)74(80(108)96-48-59(98)39-64(96)78(107)86-51(3)55-23-25-56(26-24-55)75-52(4)85-49-113-75)66-41-71(91-112-66)110-37-36-92-32-29-54(30-33-92)45-93-34-35-94-58(46-93)47-97(76-63(94)40-61(89-90-76)60-20-13-14-21-65(60)99)81(109)111-79(57-18-10-6-11-19-57)88-70(103)44-84-77(106)62(38-53-16-8-5-9-17-53)87-69(102)43-83-68(101)42-82-67(100)22-12-7-15-31-95-72(104)27-28-73(95)105/h5-6,8-11,13-14,16-21,23-28,40-41,49-51,54,58-59,62,64,74,79,98-99H,7,12,15,22,29-39,42-48H2,1-4H3,(H,82,100)(H,83,101)(H,84,106)(H,86,107)(H,87,102)(H,88,103)/t51-,58+,59+,62-,64-,74+,79?/m0/s1. The molecule has 8 heterocycles. The molecule has 3 saturated heterocycles. The van der Waals surface area contributed by atoms with Crippen molar-refractivity contribution >= 4 is 82.1 Å². The molecular formula is C81H96N16O15S. The molecule has 4 aromatic carbocycles. The first-order chi connectivity index (χ1) is 54.6. The summed E-state index contributed by atoms with van der Waals surface area (Å²) < 4.78 is 18.2. The second-order valence-electron chi connectivity index (χ2n) is 29.4. The van der Waals surface area contributed by atoms with Gasteiger partial charge in [0.25, 0.3) is 17.7 Å². The molecule has 8 N–H and O–H groups in total. The number of likely N-dealkylation sites (tertiary alicyclic amines) is 2. The molecule has 0 aliphatic carbocycles. The van der Waals surface area contributed by atoms with Gasteiger partial charge in [0.1, 0.15) is 30.4 Å². The van der Waals surface area contributed by atoms with Crippen LogP contribution in [0.1, 0.15) is 112 Å². The third kappa shape index (κ3) is 21.2. The van der Waals surface area contributed by atoms with E-state index in [-0.39, 0.29) is 98.0 Å². The highest BCUT2D eigenvalue weighted by Crippen LogP contribution is 2.41. The highest BCUT2D eigenvalue weighted by Gasteiger charge is 2.45. The van der Waals surface area contributed by atoms with Gasteiger partial charge in [0.05, 0.1) is 71.8 Å². The Labute approximate surface area is 658 Å². The second-order valence-corrected chi connectivity index (χ2v) is 30.3. The number of aliphatic hydroxyl groups is 1. The molecule has 0 bridgehead atoms. The number of thiazole rings is 1. The van der Waals surface area contributed by atoms with E-state index >= 15 is 0 Å². The van der Waals surface area contributed by atoms with Gasteiger partial charge in [-0.1, -0.05) is 117 Å². The molecule has 7 atom stereocenters. The van der Waals surface area contributed by atoms with Crippen LogP contribution in [-0.4, -0.2) is 225 Å². The van der Waals surface area contributed by atoms with Crippen LogP contribution in [0.15, 0.2) is 144 Å². The maximum atomic E-state index is 14.9. The number of fused-ring (bicyclic) bond motifs is 3. The Morgan fingerprint density at radius 2 is 1.40 bits per heavy atom. The topological polar surface area (TPSA) is 386 Å². The average molecular weight is 1570 g/mol. The zero-order chi connectivity index (χ0) is 79.7. The molecular weight excluding hydrogens is 1470 g/mol. The first-order valence-corrected chi connectivity index (χ1v) is 39.2. The van der Waals surface area contributed by atoms with Gasteiger partial charge in [-0.3, -0.25) is 62.8 Å². The summed E-state index contributed by atoms with van der Waals surface area (Å²) in [7, 11) is 0. The zero-order valence-electron chi connectivity index (χ0n) is 63.6. The largest absolute Gasteiger partial charge is 0.507 e. The molecule has 1 unspecified atom stereocenters. The molecule has 32 heteroatoms. The summed E-state index contributed by atoms with van der Waals surface area (Å²) in [6.45, 7) is 11.7. The molecule has 7 aromatic rings. The number of anilines is 2. The molecule has 0 radical (unpaired) electrons. The number of nitrogens with zero attached hydrogens (tertiary/aromatic N) is 10. The first-order valence-electron chi connectivity index (χ1n) is 38.4. The number of hydrogen-bond acceptors (Lipinski definition) is 23. The highest BCUT2D eigenvalue weighted by atomic mass is 32.1. The minimum Gasteiger partial charge on any atom is -0.507 e. The molecule has 3 aromatic heterocycles. The smallest absolute Gasteiger partial charge is 0.417 e. The van der Waals surface area contributed by atoms with Crippen LogP contribution in [0.3, 0.4) is 0 Å². The number of ether oxygens (including phenoxy) is 2. The van der Waals surface area contributed by atoms with Crippen molar-refractivity contribution in [2.24, 2.45) is 11.8 Å². The van der Waals surface area contributed by atoms with Gasteiger partial charge in [-0.15, -0.1) is 21.5 Å². The number of rotatable bonds is 33. The van der Waals surface area contributed by atoms with Crippen molar-refractivity contribution in [1.29, 1.82) is 0 Å². The zero-order valence-corrected chi connectivity index (χ0v) is 64.4. The summed E-state index contributed by atoms with van der Waals surface area (Å²) in [6.07, 6.45) is 2.90. The van der Waals surface area contributed by atoms with Crippen molar-refractivity contribution in [3.05, 3.63) is 167 Å². The van der Waals surface area contributed by atoms with Crippen LogP contribution in [0.25, 0.3) is 21.7 Å². The number of β-amino-alcohol motifs (C(OH)–C–C–N with tert-alkyl or cyclic N) is 1. The van der Waals surface area contributed by atoms with Crippen LogP contribution >= 0.6 is 11.3 Å². The Morgan fingerprint density at radius 3 is 2.12 bits per heavy atom. The number of aryl methyl sites for hydroxylation is 1. The number of aromatic hydroxyl groups is 1. The van der Waals surface area contributed by atoms with Gasteiger partial charge in [-0.25, -0.2) is 9.78 Å². The summed E-state index contributed by atoms with van der Waals surface area (Å²) in [5, 5.41) is 51.1. The molecule has 596 valence electrons. The molecule has 0 saturated carbocycles. The van der Waals surface area contributed by atoms with E-state index in [4.69, 9.17) is 14.0 Å². The summed E-state index contributed by atoms with van der Waals surface area (Å²) in [5.74, 6) is -4.62. The van der Waals surface area contributed by atoms with Crippen LogP contribution < -0.4 is 46.4 Å². The van der Waals surface area contributed by atoms with Gasteiger partial charge < -0.3 is 65.9 Å². The van der Waals surface area contributed by atoms with E-state index in [9.17, 15) is 58.2 Å². The lowest BCUT2D eigenvalue weighted by molar-refractivity contribution is -0.141. The number of aliphatic hydroxyl groups excluding tert-OH is 1. The number of carbonyl (C=O) groups excluding carboxylic acids is 10. The molecule has 10 amide bonds. The molecule has 3 fully saturated rings. The number of hydrogen-bond donors (Lipinski definition) is 8. The fourth-order valence-corrected chi connectivity index (χ4v) is 15.7. The van der Waals surface area contributed by atoms with E-state index in [1.807, 2.05) is 63.5 Å². The first kappa shape index (κ1) is 81.0. The van der Waals surface area contributed by atoms with E-state index in [1.165, 1.54) is 22.0 Å². The number of piperazine rings is 1. The number of para-hydroxylation sites is 1. The lowest BCUT2D eigenvalue weighted by Crippen LogP contribution is -2.61. The number of phenolic OH excluding ortho intramolecular Hbond substituents is 1. The van der Waals surface area contributed by atoms with E-state index in [1.54, 1.807) is 102 Å². The number of piperidine rings is 1. The van der Waals surface area contributed by atoms with Crippen LogP contribution in [-0.2, 0) is 54.3 Å². The second kappa shape index (κ2) is 38.2. The van der Waals surface area contributed by atoms with Gasteiger partial charge >= 0.3 is 6.09 Å². The Kier molecular flexibility index (Phi) is 27.4. The number of unbranched alkanes of at least 4 members (excludes halogenated alkanes) is 2. The normalized spacial score (nSPS) is 18.2. The Bertz CT molecular complexity index is 4540.